The molecule has 0 radical (unpaired) electrons. The molecule has 0 unspecified atom stereocenters. The molecule has 3 heteroatoms. The predicted octanol–water partition coefficient (Wildman–Crippen LogP) is 1.76. The summed E-state index contributed by atoms with van der Waals surface area (Å²) in [6.45, 7) is 8.04. The Bertz CT molecular complexity index is 395. The zero-order chi connectivity index (χ0) is 13.7. The molecule has 0 amide bonds. The number of rotatable bonds is 5. The largest absolute Gasteiger partial charge is 0.377 e. The maximum absolute atomic E-state index is 3.41. The van der Waals surface area contributed by atoms with Crippen LogP contribution >= 0.6 is 0 Å². The van der Waals surface area contributed by atoms with E-state index in [0.29, 0.717) is 0 Å². The molecule has 0 spiro atoms. The molecule has 0 bridgehead atoms. The van der Waals surface area contributed by atoms with Gasteiger partial charge in [0, 0.05) is 52.5 Å². The lowest BCUT2D eigenvalue weighted by Crippen LogP contribution is -2.44. The van der Waals surface area contributed by atoms with Gasteiger partial charge in [-0.3, -0.25) is 0 Å². The first-order chi connectivity index (χ1) is 9.20. The lowest BCUT2D eigenvalue weighted by atomic mass is 10.0. The highest BCUT2D eigenvalue weighted by Gasteiger charge is 2.11. The highest BCUT2D eigenvalue weighted by molar-refractivity contribution is 5.54. The second-order valence-electron chi connectivity index (χ2n) is 5.55. The summed E-state index contributed by atoms with van der Waals surface area (Å²) < 4.78 is 0. The lowest BCUT2D eigenvalue weighted by molar-refractivity contribution is 0.244. The topological polar surface area (TPSA) is 18.5 Å². The van der Waals surface area contributed by atoms with E-state index in [0.717, 1.165) is 25.9 Å². The van der Waals surface area contributed by atoms with E-state index in [2.05, 4.69) is 54.3 Å². The molecule has 1 aromatic rings. The number of benzene rings is 1. The summed E-state index contributed by atoms with van der Waals surface area (Å²) in [5.41, 5.74) is 4.30. The van der Waals surface area contributed by atoms with Crippen LogP contribution in [0.1, 0.15) is 18.1 Å². The zero-order valence-corrected chi connectivity index (χ0v) is 12.6. The summed E-state index contributed by atoms with van der Waals surface area (Å²) in [6, 6.07) is 6.91. The quantitative estimate of drug-likeness (QED) is 0.871. The van der Waals surface area contributed by atoms with Crippen LogP contribution in [0.2, 0.25) is 0 Å². The normalized spacial score (nSPS) is 16.6. The van der Waals surface area contributed by atoms with Crippen molar-refractivity contribution in [3.63, 3.8) is 0 Å². The Labute approximate surface area is 117 Å². The van der Waals surface area contributed by atoms with Crippen LogP contribution in [0.15, 0.2) is 18.2 Å². The molecular formula is C16H27N3. The molecule has 1 aromatic carbocycles. The Balaban J connectivity index is 2.03. The molecule has 0 atom stereocenters. The molecule has 0 saturated carbocycles. The Kier molecular flexibility index (Phi) is 5.23. The molecule has 19 heavy (non-hydrogen) atoms. The van der Waals surface area contributed by atoms with Crippen LogP contribution in [-0.2, 0) is 12.8 Å². The maximum atomic E-state index is 3.41. The van der Waals surface area contributed by atoms with Gasteiger partial charge in [-0.25, -0.2) is 0 Å². The van der Waals surface area contributed by atoms with E-state index in [1.54, 1.807) is 0 Å². The van der Waals surface area contributed by atoms with Crippen molar-refractivity contribution >= 4 is 5.69 Å². The molecule has 1 aliphatic rings. The summed E-state index contributed by atoms with van der Waals surface area (Å²) in [5, 5.41) is 3.41. The van der Waals surface area contributed by atoms with Crippen molar-refractivity contribution in [2.45, 2.75) is 19.8 Å². The molecule has 1 heterocycles. The SMILES string of the molecule is CCc1ccc(N(C)C)c(CCN2CCNCC2)c1. The number of anilines is 1. The van der Waals surface area contributed by atoms with Gasteiger partial charge in [-0.1, -0.05) is 19.1 Å². The predicted molar refractivity (Wildman–Crippen MR) is 83.2 cm³/mol. The first-order valence-corrected chi connectivity index (χ1v) is 7.43. The second-order valence-corrected chi connectivity index (χ2v) is 5.55. The number of hydrogen-bond acceptors (Lipinski definition) is 3. The number of piperazine rings is 1. The summed E-state index contributed by atoms with van der Waals surface area (Å²) >= 11 is 0. The van der Waals surface area contributed by atoms with E-state index < -0.39 is 0 Å². The summed E-state index contributed by atoms with van der Waals surface area (Å²) in [7, 11) is 4.27. The molecule has 106 valence electrons. The van der Waals surface area contributed by atoms with E-state index in [4.69, 9.17) is 0 Å². The van der Waals surface area contributed by atoms with Gasteiger partial charge >= 0.3 is 0 Å². The number of nitrogens with zero attached hydrogens (tertiary/aromatic N) is 2. The highest BCUT2D eigenvalue weighted by Crippen LogP contribution is 2.21. The van der Waals surface area contributed by atoms with Crippen LogP contribution in [0.4, 0.5) is 5.69 Å². The number of nitrogens with one attached hydrogen (secondary N) is 1. The van der Waals surface area contributed by atoms with Crippen molar-refractivity contribution in [1.29, 1.82) is 0 Å². The van der Waals surface area contributed by atoms with E-state index in [9.17, 15) is 0 Å². The Hall–Kier alpha value is -1.06. The minimum absolute atomic E-state index is 1.12. The molecule has 1 fully saturated rings. The smallest absolute Gasteiger partial charge is 0.0394 e. The second kappa shape index (κ2) is 6.92. The molecule has 0 aliphatic carbocycles. The molecule has 0 aromatic heterocycles. The summed E-state index contributed by atoms with van der Waals surface area (Å²) in [4.78, 5) is 4.79. The van der Waals surface area contributed by atoms with Gasteiger partial charge in [0.1, 0.15) is 0 Å². The standard InChI is InChI=1S/C16H27N3/c1-4-14-5-6-16(18(2)3)15(13-14)7-10-19-11-8-17-9-12-19/h5-6,13,17H,4,7-12H2,1-3H3. The highest BCUT2D eigenvalue weighted by atomic mass is 15.2. The van der Waals surface area contributed by atoms with Crippen molar-refractivity contribution in [1.82, 2.24) is 10.2 Å². The Morgan fingerprint density at radius 2 is 1.95 bits per heavy atom. The van der Waals surface area contributed by atoms with Crippen molar-refractivity contribution in [3.8, 4) is 0 Å². The average Bonchev–Trinajstić information content (AvgIpc) is 2.45. The van der Waals surface area contributed by atoms with Crippen LogP contribution < -0.4 is 10.2 Å². The third-order valence-corrected chi connectivity index (χ3v) is 3.94. The van der Waals surface area contributed by atoms with Gasteiger partial charge < -0.3 is 15.1 Å². The van der Waals surface area contributed by atoms with Gasteiger partial charge in [0.25, 0.3) is 0 Å². The van der Waals surface area contributed by atoms with E-state index in [-0.39, 0.29) is 0 Å². The van der Waals surface area contributed by atoms with Crippen molar-refractivity contribution < 1.29 is 0 Å². The van der Waals surface area contributed by atoms with Crippen molar-refractivity contribution in [2.75, 3.05) is 51.7 Å². The first kappa shape index (κ1) is 14.4. The van der Waals surface area contributed by atoms with Gasteiger partial charge in [0.05, 0.1) is 0 Å². The molecule has 1 saturated heterocycles. The van der Waals surface area contributed by atoms with Gasteiger partial charge in [-0.15, -0.1) is 0 Å². The fourth-order valence-electron chi connectivity index (χ4n) is 2.71. The van der Waals surface area contributed by atoms with Gasteiger partial charge in [-0.2, -0.15) is 0 Å². The van der Waals surface area contributed by atoms with E-state index in [1.165, 1.54) is 36.4 Å². The molecule has 1 N–H and O–H groups in total. The van der Waals surface area contributed by atoms with Crippen molar-refractivity contribution in [3.05, 3.63) is 29.3 Å². The van der Waals surface area contributed by atoms with Gasteiger partial charge in [0.2, 0.25) is 0 Å². The lowest BCUT2D eigenvalue weighted by Gasteiger charge is -2.28. The molecule has 1 aliphatic heterocycles. The zero-order valence-electron chi connectivity index (χ0n) is 12.6. The first-order valence-electron chi connectivity index (χ1n) is 7.43. The molecular weight excluding hydrogens is 234 g/mol. The van der Waals surface area contributed by atoms with Crippen LogP contribution in [-0.4, -0.2) is 51.7 Å². The monoisotopic (exact) mass is 261 g/mol. The Morgan fingerprint density at radius 3 is 2.58 bits per heavy atom. The molecule has 2 rings (SSSR count). The third kappa shape index (κ3) is 3.95. The van der Waals surface area contributed by atoms with Crippen LogP contribution in [0, 0.1) is 0 Å². The fraction of sp³-hybridized carbons (Fsp3) is 0.625. The van der Waals surface area contributed by atoms with E-state index >= 15 is 0 Å². The van der Waals surface area contributed by atoms with Crippen LogP contribution in [0.3, 0.4) is 0 Å². The molecule has 3 nitrogen and oxygen atoms in total. The van der Waals surface area contributed by atoms with Crippen LogP contribution in [0.25, 0.3) is 0 Å². The van der Waals surface area contributed by atoms with Gasteiger partial charge in [0.15, 0.2) is 0 Å². The van der Waals surface area contributed by atoms with E-state index in [1.807, 2.05) is 0 Å². The minimum Gasteiger partial charge on any atom is -0.377 e. The third-order valence-electron chi connectivity index (χ3n) is 3.94. The van der Waals surface area contributed by atoms with Gasteiger partial charge in [-0.05, 0) is 30.0 Å². The average molecular weight is 261 g/mol. The van der Waals surface area contributed by atoms with Crippen LogP contribution in [0.5, 0.6) is 0 Å². The maximum Gasteiger partial charge on any atom is 0.0394 e. The van der Waals surface area contributed by atoms with Crippen molar-refractivity contribution in [2.24, 2.45) is 0 Å². The number of hydrogen-bond donors (Lipinski definition) is 1. The minimum atomic E-state index is 1.12. The fourth-order valence-corrected chi connectivity index (χ4v) is 2.71. The summed E-state index contributed by atoms with van der Waals surface area (Å²) in [5.74, 6) is 0. The number of aryl methyl sites for hydroxylation is 1. The summed E-state index contributed by atoms with van der Waals surface area (Å²) in [6.07, 6.45) is 2.27. The Morgan fingerprint density at radius 1 is 1.21 bits per heavy atom.